The van der Waals surface area contributed by atoms with Crippen LogP contribution in [0, 0.1) is 12.8 Å². The summed E-state index contributed by atoms with van der Waals surface area (Å²) in [7, 11) is 0. The van der Waals surface area contributed by atoms with Crippen LogP contribution in [0.15, 0.2) is 41.5 Å². The van der Waals surface area contributed by atoms with Crippen LogP contribution in [0.25, 0.3) is 20.7 Å². The molecule has 1 amide bonds. The Morgan fingerprint density at radius 1 is 1.21 bits per heavy atom. The van der Waals surface area contributed by atoms with Crippen LogP contribution in [0.5, 0.6) is 0 Å². The summed E-state index contributed by atoms with van der Waals surface area (Å²) in [5, 5.41) is 3.62. The van der Waals surface area contributed by atoms with Crippen molar-refractivity contribution in [1.82, 2.24) is 14.9 Å². The zero-order valence-electron chi connectivity index (χ0n) is 16.1. The van der Waals surface area contributed by atoms with E-state index >= 15 is 0 Å². The minimum atomic E-state index is -0.145. The second-order valence-electron chi connectivity index (χ2n) is 7.59. The minimum Gasteiger partial charge on any atom is -0.354 e. The largest absolute Gasteiger partial charge is 0.354 e. The molecule has 0 aliphatic heterocycles. The quantitative estimate of drug-likeness (QED) is 0.706. The number of rotatable bonds is 5. The first-order chi connectivity index (χ1) is 13.6. The number of benzene rings is 1. The van der Waals surface area contributed by atoms with Crippen molar-refractivity contribution in [1.29, 1.82) is 0 Å². The lowest BCUT2D eigenvalue weighted by Crippen LogP contribution is -2.35. The molecule has 0 radical (unpaired) electrons. The maximum Gasteiger partial charge on any atom is 0.262 e. The highest BCUT2D eigenvalue weighted by atomic mass is 32.1. The molecule has 146 valence electrons. The number of aromatic nitrogens is 2. The van der Waals surface area contributed by atoms with E-state index in [1.165, 1.54) is 54.3 Å². The molecule has 1 saturated carbocycles. The normalized spacial score (nSPS) is 15.0. The first-order valence-electron chi connectivity index (χ1n) is 9.94. The Bertz CT molecular complexity index is 1030. The number of carbonyl (C=O) groups is 1. The minimum absolute atomic E-state index is 0.0183. The third kappa shape index (κ3) is 3.87. The molecule has 4 rings (SSSR count). The van der Waals surface area contributed by atoms with Crippen LogP contribution in [0.3, 0.4) is 0 Å². The molecule has 28 heavy (non-hydrogen) atoms. The van der Waals surface area contributed by atoms with Gasteiger partial charge < -0.3 is 5.32 Å². The Kier molecular flexibility index (Phi) is 5.57. The average molecular weight is 396 g/mol. The lowest BCUT2D eigenvalue weighted by atomic mass is 9.89. The molecule has 0 bridgehead atoms. The smallest absolute Gasteiger partial charge is 0.262 e. The fraction of sp³-hybridized carbons (Fsp3) is 0.409. The van der Waals surface area contributed by atoms with Crippen molar-refractivity contribution in [2.24, 2.45) is 5.92 Å². The molecule has 5 nitrogen and oxygen atoms in total. The number of hydrogen-bond donors (Lipinski definition) is 1. The second-order valence-corrected chi connectivity index (χ2v) is 8.59. The van der Waals surface area contributed by atoms with E-state index in [0.717, 1.165) is 20.8 Å². The van der Waals surface area contributed by atoms with Gasteiger partial charge in [0.05, 0.1) is 11.7 Å². The molecule has 1 fully saturated rings. The molecule has 6 heteroatoms. The Morgan fingerprint density at radius 2 is 1.96 bits per heavy atom. The van der Waals surface area contributed by atoms with E-state index in [1.807, 2.05) is 37.3 Å². The van der Waals surface area contributed by atoms with Crippen molar-refractivity contribution in [3.8, 4) is 10.4 Å². The van der Waals surface area contributed by atoms with Gasteiger partial charge in [-0.15, -0.1) is 11.3 Å². The summed E-state index contributed by atoms with van der Waals surface area (Å²) in [6.45, 7) is 2.68. The first-order valence-corrected chi connectivity index (χ1v) is 10.8. The average Bonchev–Trinajstić information content (AvgIpc) is 3.07. The van der Waals surface area contributed by atoms with Gasteiger partial charge in [-0.1, -0.05) is 49.6 Å². The van der Waals surface area contributed by atoms with Gasteiger partial charge in [-0.05, 0) is 36.8 Å². The number of fused-ring (bicyclic) bond motifs is 1. The number of thiophene rings is 1. The Balaban J connectivity index is 1.53. The van der Waals surface area contributed by atoms with Gasteiger partial charge in [-0.3, -0.25) is 14.2 Å². The van der Waals surface area contributed by atoms with Gasteiger partial charge >= 0.3 is 0 Å². The molecule has 1 aliphatic carbocycles. The summed E-state index contributed by atoms with van der Waals surface area (Å²) < 4.78 is 1.42. The van der Waals surface area contributed by atoms with E-state index in [-0.39, 0.29) is 18.0 Å². The topological polar surface area (TPSA) is 64.0 Å². The maximum atomic E-state index is 13.0. The van der Waals surface area contributed by atoms with Crippen LogP contribution in [0.4, 0.5) is 0 Å². The summed E-state index contributed by atoms with van der Waals surface area (Å²) >= 11 is 1.52. The third-order valence-corrected chi connectivity index (χ3v) is 6.83. The number of amides is 1. The van der Waals surface area contributed by atoms with E-state index in [4.69, 9.17) is 0 Å². The lowest BCUT2D eigenvalue weighted by Gasteiger charge is -2.21. The molecule has 0 saturated heterocycles. The molecular weight excluding hydrogens is 370 g/mol. The Labute approximate surface area is 168 Å². The van der Waals surface area contributed by atoms with Crippen LogP contribution in [0.2, 0.25) is 0 Å². The summed E-state index contributed by atoms with van der Waals surface area (Å²) in [5.41, 5.74) is 1.87. The van der Waals surface area contributed by atoms with Crippen LogP contribution in [-0.2, 0) is 11.3 Å². The van der Waals surface area contributed by atoms with Crippen molar-refractivity contribution in [2.45, 2.75) is 45.6 Å². The highest BCUT2D eigenvalue weighted by molar-refractivity contribution is 7.22. The van der Waals surface area contributed by atoms with E-state index in [2.05, 4.69) is 10.3 Å². The standard InChI is InChI=1S/C22H25N3O2S/c1-15-19-21(28-20(15)17-10-6-3-7-11-17)24-14-25(22(19)27)13-18(26)23-12-16-8-4-2-5-9-16/h3,6-7,10-11,14,16H,2,4-5,8-9,12-13H2,1H3,(H,23,26). The van der Waals surface area contributed by atoms with Crippen molar-refractivity contribution < 1.29 is 4.79 Å². The van der Waals surface area contributed by atoms with Gasteiger partial charge in [0.2, 0.25) is 5.91 Å². The molecule has 2 aromatic heterocycles. The Hall–Kier alpha value is -2.47. The van der Waals surface area contributed by atoms with E-state index in [9.17, 15) is 9.59 Å². The van der Waals surface area contributed by atoms with Crippen molar-refractivity contribution >= 4 is 27.5 Å². The maximum absolute atomic E-state index is 13.0. The summed E-state index contributed by atoms with van der Waals surface area (Å²) in [5.74, 6) is 0.451. The van der Waals surface area contributed by atoms with Gasteiger partial charge in [0.25, 0.3) is 5.56 Å². The van der Waals surface area contributed by atoms with Gasteiger partial charge in [-0.2, -0.15) is 0 Å². The third-order valence-electron chi connectivity index (χ3n) is 5.58. The molecule has 0 unspecified atom stereocenters. The molecule has 2 heterocycles. The monoisotopic (exact) mass is 395 g/mol. The molecule has 1 aliphatic rings. The van der Waals surface area contributed by atoms with Gasteiger partial charge in [0.1, 0.15) is 11.4 Å². The highest BCUT2D eigenvalue weighted by Crippen LogP contribution is 2.35. The second kappa shape index (κ2) is 8.27. The number of nitrogens with one attached hydrogen (secondary N) is 1. The molecule has 0 atom stereocenters. The SMILES string of the molecule is Cc1c(-c2ccccc2)sc2ncn(CC(=O)NCC3CCCCC3)c(=O)c12. The Morgan fingerprint density at radius 3 is 2.71 bits per heavy atom. The summed E-state index contributed by atoms with van der Waals surface area (Å²) in [6.07, 6.45) is 7.67. The van der Waals surface area contributed by atoms with Crippen LogP contribution >= 0.6 is 11.3 Å². The molecular formula is C22H25N3O2S. The molecule has 1 N–H and O–H groups in total. The fourth-order valence-electron chi connectivity index (χ4n) is 4.00. The van der Waals surface area contributed by atoms with Crippen molar-refractivity contribution in [3.05, 3.63) is 52.6 Å². The van der Waals surface area contributed by atoms with Crippen LogP contribution in [0.1, 0.15) is 37.7 Å². The van der Waals surface area contributed by atoms with Crippen LogP contribution < -0.4 is 10.9 Å². The van der Waals surface area contributed by atoms with E-state index in [1.54, 1.807) is 0 Å². The summed E-state index contributed by atoms with van der Waals surface area (Å²) in [4.78, 5) is 31.6. The highest BCUT2D eigenvalue weighted by Gasteiger charge is 2.18. The molecule has 1 aromatic carbocycles. The van der Waals surface area contributed by atoms with E-state index in [0.29, 0.717) is 17.8 Å². The van der Waals surface area contributed by atoms with Crippen molar-refractivity contribution in [3.63, 3.8) is 0 Å². The first kappa shape index (κ1) is 18.9. The predicted octanol–water partition coefficient (Wildman–Crippen LogP) is 4.13. The zero-order valence-corrected chi connectivity index (χ0v) is 16.9. The summed E-state index contributed by atoms with van der Waals surface area (Å²) in [6, 6.07) is 10.0. The van der Waals surface area contributed by atoms with Gasteiger partial charge in [0.15, 0.2) is 0 Å². The number of hydrogen-bond acceptors (Lipinski definition) is 4. The van der Waals surface area contributed by atoms with Gasteiger partial charge in [-0.25, -0.2) is 4.98 Å². The zero-order chi connectivity index (χ0) is 19.5. The molecule has 0 spiro atoms. The number of aryl methyl sites for hydroxylation is 1. The number of carbonyl (C=O) groups excluding carboxylic acids is 1. The van der Waals surface area contributed by atoms with Crippen LogP contribution in [-0.4, -0.2) is 22.0 Å². The fourth-order valence-corrected chi connectivity index (χ4v) is 5.14. The van der Waals surface area contributed by atoms with Gasteiger partial charge in [0, 0.05) is 11.4 Å². The van der Waals surface area contributed by atoms with E-state index < -0.39 is 0 Å². The molecule has 3 aromatic rings. The van der Waals surface area contributed by atoms with Crippen molar-refractivity contribution in [2.75, 3.05) is 6.54 Å². The predicted molar refractivity (Wildman–Crippen MR) is 114 cm³/mol. The number of nitrogens with zero attached hydrogens (tertiary/aromatic N) is 2. The lowest BCUT2D eigenvalue weighted by molar-refractivity contribution is -0.121.